The molecule has 1 aromatic heterocycles. The van der Waals surface area contributed by atoms with Crippen molar-refractivity contribution >= 4 is 40.0 Å². The van der Waals surface area contributed by atoms with Crippen molar-refractivity contribution in [1.29, 1.82) is 0 Å². The van der Waals surface area contributed by atoms with Crippen molar-refractivity contribution in [2.75, 3.05) is 17.2 Å². The van der Waals surface area contributed by atoms with Gasteiger partial charge in [-0.3, -0.25) is 9.59 Å². The van der Waals surface area contributed by atoms with Gasteiger partial charge in [-0.1, -0.05) is 12.1 Å². The Morgan fingerprint density at radius 1 is 1.33 bits per heavy atom. The Hall–Kier alpha value is -2.10. The Morgan fingerprint density at radius 3 is 2.62 bits per heavy atom. The van der Waals surface area contributed by atoms with E-state index in [9.17, 15) is 9.59 Å². The standard InChI is InChI=1S/C13H14IN5O2/c14-11-12(17-7-18-13(11)21)19(6-10(16)20)5-8-1-3-9(15)4-2-8/h1-4,7H,5-6,15H2,(H2,16,20)(H,17,18,21). The molecule has 0 fully saturated rings. The highest BCUT2D eigenvalue weighted by Crippen LogP contribution is 2.18. The Labute approximate surface area is 134 Å². The zero-order valence-electron chi connectivity index (χ0n) is 11.0. The lowest BCUT2D eigenvalue weighted by Gasteiger charge is -2.23. The molecule has 2 aromatic rings. The molecular weight excluding hydrogens is 385 g/mol. The topological polar surface area (TPSA) is 118 Å². The number of carbonyl (C=O) groups excluding carboxylic acids is 1. The van der Waals surface area contributed by atoms with Crippen LogP contribution in [0.4, 0.5) is 11.5 Å². The molecule has 2 rings (SSSR count). The van der Waals surface area contributed by atoms with E-state index in [1.54, 1.807) is 17.0 Å². The molecule has 21 heavy (non-hydrogen) atoms. The number of H-pyrrole nitrogens is 1. The Kier molecular flexibility index (Phi) is 4.78. The number of nitrogen functional groups attached to an aromatic ring is 1. The molecule has 0 spiro atoms. The summed E-state index contributed by atoms with van der Waals surface area (Å²) in [5.74, 6) is -0.0710. The molecule has 0 radical (unpaired) electrons. The summed E-state index contributed by atoms with van der Waals surface area (Å²) in [5.41, 5.74) is 12.3. The summed E-state index contributed by atoms with van der Waals surface area (Å²) in [6, 6.07) is 7.24. The lowest BCUT2D eigenvalue weighted by Crippen LogP contribution is -2.35. The van der Waals surface area contributed by atoms with Crippen LogP contribution in [0.2, 0.25) is 0 Å². The summed E-state index contributed by atoms with van der Waals surface area (Å²) in [6.07, 6.45) is 1.30. The highest BCUT2D eigenvalue weighted by atomic mass is 127. The molecule has 0 aliphatic rings. The first-order chi connectivity index (χ1) is 9.97. The zero-order chi connectivity index (χ0) is 15.4. The van der Waals surface area contributed by atoms with E-state index in [-0.39, 0.29) is 12.1 Å². The van der Waals surface area contributed by atoms with Gasteiger partial charge in [-0.2, -0.15) is 0 Å². The van der Waals surface area contributed by atoms with Crippen LogP contribution in [-0.4, -0.2) is 22.4 Å². The average molecular weight is 399 g/mol. The predicted molar refractivity (Wildman–Crippen MR) is 88.7 cm³/mol. The van der Waals surface area contributed by atoms with E-state index in [0.717, 1.165) is 5.56 Å². The number of hydrogen-bond acceptors (Lipinski definition) is 5. The van der Waals surface area contributed by atoms with Crippen LogP contribution in [0.5, 0.6) is 0 Å². The number of carbonyl (C=O) groups is 1. The largest absolute Gasteiger partial charge is 0.399 e. The molecule has 0 unspecified atom stereocenters. The number of primary amides is 1. The van der Waals surface area contributed by atoms with Crippen molar-refractivity contribution < 1.29 is 4.79 Å². The van der Waals surface area contributed by atoms with E-state index in [4.69, 9.17) is 11.5 Å². The SMILES string of the molecule is NC(=O)CN(Cc1ccc(N)cc1)c1nc[nH]c(=O)c1I. The third kappa shape index (κ3) is 3.94. The zero-order valence-corrected chi connectivity index (χ0v) is 13.2. The van der Waals surface area contributed by atoms with Crippen LogP contribution < -0.4 is 21.9 Å². The molecule has 0 aliphatic heterocycles. The fraction of sp³-hybridized carbons (Fsp3) is 0.154. The van der Waals surface area contributed by atoms with Crippen molar-refractivity contribution in [3.05, 3.63) is 50.1 Å². The fourth-order valence-electron chi connectivity index (χ4n) is 1.83. The number of nitrogens with two attached hydrogens (primary N) is 2. The summed E-state index contributed by atoms with van der Waals surface area (Å²) in [6.45, 7) is 0.368. The maximum atomic E-state index is 11.7. The molecule has 0 atom stereocenters. The normalized spacial score (nSPS) is 10.3. The second-order valence-corrected chi connectivity index (χ2v) is 5.51. The van der Waals surface area contributed by atoms with Crippen LogP contribution in [0.15, 0.2) is 35.4 Å². The minimum Gasteiger partial charge on any atom is -0.399 e. The summed E-state index contributed by atoms with van der Waals surface area (Å²) in [5, 5.41) is 0. The van der Waals surface area contributed by atoms with Gasteiger partial charge in [0.2, 0.25) is 5.91 Å². The maximum Gasteiger partial charge on any atom is 0.266 e. The second kappa shape index (κ2) is 6.57. The van der Waals surface area contributed by atoms with E-state index in [1.165, 1.54) is 6.33 Å². The van der Waals surface area contributed by atoms with Crippen molar-refractivity contribution in [2.45, 2.75) is 6.54 Å². The van der Waals surface area contributed by atoms with Crippen LogP contribution in [0.1, 0.15) is 5.56 Å². The van der Waals surface area contributed by atoms with Gasteiger partial charge >= 0.3 is 0 Å². The Morgan fingerprint density at radius 2 is 2.00 bits per heavy atom. The van der Waals surface area contributed by atoms with Crippen molar-refractivity contribution in [3.63, 3.8) is 0 Å². The molecule has 7 nitrogen and oxygen atoms in total. The third-order valence-electron chi connectivity index (χ3n) is 2.78. The minimum absolute atomic E-state index is 0.0309. The van der Waals surface area contributed by atoms with E-state index in [0.29, 0.717) is 21.6 Å². The van der Waals surface area contributed by atoms with E-state index in [2.05, 4.69) is 9.97 Å². The molecule has 5 N–H and O–H groups in total. The molecule has 8 heteroatoms. The molecule has 1 heterocycles. The quantitative estimate of drug-likeness (QED) is 0.499. The lowest BCUT2D eigenvalue weighted by molar-refractivity contribution is -0.116. The summed E-state index contributed by atoms with van der Waals surface area (Å²) >= 11 is 1.89. The van der Waals surface area contributed by atoms with Gasteiger partial charge < -0.3 is 21.4 Å². The van der Waals surface area contributed by atoms with Gasteiger partial charge in [0, 0.05) is 12.2 Å². The van der Waals surface area contributed by atoms with Gasteiger partial charge in [-0.05, 0) is 40.3 Å². The van der Waals surface area contributed by atoms with Crippen molar-refractivity contribution in [3.8, 4) is 0 Å². The number of rotatable bonds is 5. The molecule has 0 saturated carbocycles. The molecule has 0 aliphatic carbocycles. The van der Waals surface area contributed by atoms with E-state index >= 15 is 0 Å². The number of aromatic amines is 1. The maximum absolute atomic E-state index is 11.7. The van der Waals surface area contributed by atoms with Gasteiger partial charge in [0.25, 0.3) is 5.56 Å². The number of anilines is 2. The first kappa shape index (κ1) is 15.3. The van der Waals surface area contributed by atoms with Gasteiger partial charge in [0.1, 0.15) is 9.39 Å². The third-order valence-corrected chi connectivity index (χ3v) is 3.75. The number of nitrogens with one attached hydrogen (secondary N) is 1. The number of nitrogens with zero attached hydrogens (tertiary/aromatic N) is 2. The predicted octanol–water partition coefficient (Wildman–Crippen LogP) is 0.449. The molecule has 0 saturated heterocycles. The van der Waals surface area contributed by atoms with Crippen LogP contribution in [-0.2, 0) is 11.3 Å². The molecule has 0 bridgehead atoms. The lowest BCUT2D eigenvalue weighted by atomic mass is 10.2. The Balaban J connectivity index is 2.34. The molecule has 1 amide bonds. The van der Waals surface area contributed by atoms with Gasteiger partial charge in [0.05, 0.1) is 12.9 Å². The number of aromatic nitrogens is 2. The molecular formula is C13H14IN5O2. The summed E-state index contributed by atoms with van der Waals surface area (Å²) in [7, 11) is 0. The highest BCUT2D eigenvalue weighted by molar-refractivity contribution is 14.1. The van der Waals surface area contributed by atoms with Crippen LogP contribution in [0.3, 0.4) is 0 Å². The number of benzene rings is 1. The monoisotopic (exact) mass is 399 g/mol. The smallest absolute Gasteiger partial charge is 0.266 e. The number of halogens is 1. The molecule has 110 valence electrons. The Bertz CT molecular complexity index is 698. The van der Waals surface area contributed by atoms with Crippen LogP contribution in [0.25, 0.3) is 0 Å². The van der Waals surface area contributed by atoms with Gasteiger partial charge in [-0.25, -0.2) is 4.98 Å². The second-order valence-electron chi connectivity index (χ2n) is 4.43. The van der Waals surface area contributed by atoms with Crippen LogP contribution >= 0.6 is 22.6 Å². The number of amides is 1. The van der Waals surface area contributed by atoms with Gasteiger partial charge in [0.15, 0.2) is 0 Å². The van der Waals surface area contributed by atoms with Crippen molar-refractivity contribution in [1.82, 2.24) is 9.97 Å². The van der Waals surface area contributed by atoms with Crippen molar-refractivity contribution in [2.24, 2.45) is 5.73 Å². The van der Waals surface area contributed by atoms with E-state index in [1.807, 2.05) is 34.7 Å². The van der Waals surface area contributed by atoms with Crippen LogP contribution in [0, 0.1) is 3.57 Å². The fourth-order valence-corrected chi connectivity index (χ4v) is 2.47. The molecule has 1 aromatic carbocycles. The first-order valence-corrected chi connectivity index (χ1v) is 7.16. The minimum atomic E-state index is -0.497. The summed E-state index contributed by atoms with van der Waals surface area (Å²) < 4.78 is 0.409. The average Bonchev–Trinajstić information content (AvgIpc) is 2.43. The highest BCUT2D eigenvalue weighted by Gasteiger charge is 2.16. The first-order valence-electron chi connectivity index (χ1n) is 6.08. The number of hydrogen-bond donors (Lipinski definition) is 3. The summed E-state index contributed by atoms with van der Waals surface area (Å²) in [4.78, 5) is 31.2. The van der Waals surface area contributed by atoms with E-state index < -0.39 is 5.91 Å². The van der Waals surface area contributed by atoms with Gasteiger partial charge in [-0.15, -0.1) is 0 Å².